The number of rotatable bonds is 3. The molecule has 2 aromatic carbocycles. The van der Waals surface area contributed by atoms with Crippen LogP contribution in [0.5, 0.6) is 5.75 Å². The average Bonchev–Trinajstić information content (AvgIpc) is 2.95. The van der Waals surface area contributed by atoms with E-state index in [2.05, 4.69) is 4.72 Å². The predicted molar refractivity (Wildman–Crippen MR) is 81.4 cm³/mol. The Labute approximate surface area is 149 Å². The molecule has 0 fully saturated rings. The Hall–Kier alpha value is -2.27. The summed E-state index contributed by atoms with van der Waals surface area (Å²) in [4.78, 5) is -1.13. The van der Waals surface area contributed by atoms with Crippen molar-refractivity contribution in [1.82, 2.24) is 4.72 Å². The molecule has 1 aliphatic rings. The van der Waals surface area contributed by atoms with Gasteiger partial charge < -0.3 is 4.74 Å². The molecule has 3 rings (SSSR count). The quantitative estimate of drug-likeness (QED) is 0.773. The van der Waals surface area contributed by atoms with Gasteiger partial charge in [-0.25, -0.2) is 13.1 Å². The second kappa shape index (κ2) is 6.41. The van der Waals surface area contributed by atoms with Gasteiger partial charge in [0.2, 0.25) is 10.0 Å². The van der Waals surface area contributed by atoms with Crippen LogP contribution in [0.1, 0.15) is 22.7 Å². The zero-order valence-corrected chi connectivity index (χ0v) is 14.0. The van der Waals surface area contributed by atoms with Crippen molar-refractivity contribution in [2.24, 2.45) is 0 Å². The van der Waals surface area contributed by atoms with Gasteiger partial charge in [-0.05, 0) is 24.3 Å². The van der Waals surface area contributed by atoms with Gasteiger partial charge in [-0.15, -0.1) is 0 Å². The molecule has 1 atom stereocenters. The topological polar surface area (TPSA) is 55.4 Å². The van der Waals surface area contributed by atoms with E-state index in [4.69, 9.17) is 4.74 Å². The van der Waals surface area contributed by atoms with E-state index in [1.807, 2.05) is 0 Å². The minimum absolute atomic E-state index is 0.132. The van der Waals surface area contributed by atoms with Crippen molar-refractivity contribution >= 4 is 10.0 Å². The van der Waals surface area contributed by atoms with Crippen LogP contribution >= 0.6 is 0 Å². The van der Waals surface area contributed by atoms with Gasteiger partial charge in [-0.2, -0.15) is 26.3 Å². The van der Waals surface area contributed by atoms with Crippen LogP contribution in [0.15, 0.2) is 47.4 Å². The lowest BCUT2D eigenvalue weighted by Crippen LogP contribution is -2.30. The van der Waals surface area contributed by atoms with Crippen LogP contribution in [0.3, 0.4) is 0 Å². The van der Waals surface area contributed by atoms with Crippen LogP contribution in [-0.2, 0) is 22.4 Å². The molecule has 0 aliphatic carbocycles. The molecule has 0 unspecified atom stereocenters. The molecule has 0 amide bonds. The lowest BCUT2D eigenvalue weighted by Gasteiger charge is -2.16. The minimum Gasteiger partial charge on any atom is -0.491 e. The molecular formula is C16H11F6NO3S. The first kappa shape index (κ1) is 19.5. The highest BCUT2D eigenvalue weighted by atomic mass is 32.2. The fourth-order valence-electron chi connectivity index (χ4n) is 2.60. The summed E-state index contributed by atoms with van der Waals surface area (Å²) in [5, 5.41) is 0. The van der Waals surface area contributed by atoms with Crippen LogP contribution in [0.25, 0.3) is 0 Å². The van der Waals surface area contributed by atoms with Gasteiger partial charge in [0, 0.05) is 5.56 Å². The normalized spacial score (nSPS) is 17.5. The van der Waals surface area contributed by atoms with Crippen molar-refractivity contribution in [2.75, 3.05) is 6.61 Å². The zero-order chi connectivity index (χ0) is 20.0. The number of hydrogen-bond acceptors (Lipinski definition) is 3. The summed E-state index contributed by atoms with van der Waals surface area (Å²) in [6.07, 6.45) is -10.3. The molecule has 2 aromatic rings. The van der Waals surface area contributed by atoms with E-state index in [9.17, 15) is 34.8 Å². The van der Waals surface area contributed by atoms with Crippen LogP contribution in [0.4, 0.5) is 26.3 Å². The van der Waals surface area contributed by atoms with E-state index in [1.165, 1.54) is 0 Å². The molecule has 27 heavy (non-hydrogen) atoms. The second-order valence-electron chi connectivity index (χ2n) is 5.76. The maximum Gasteiger partial charge on any atom is 0.416 e. The van der Waals surface area contributed by atoms with Crippen molar-refractivity contribution in [3.63, 3.8) is 0 Å². The van der Waals surface area contributed by atoms with Gasteiger partial charge in [0.25, 0.3) is 0 Å². The highest BCUT2D eigenvalue weighted by Crippen LogP contribution is 2.38. The van der Waals surface area contributed by atoms with Crippen molar-refractivity contribution in [3.05, 3.63) is 59.2 Å². The van der Waals surface area contributed by atoms with Crippen molar-refractivity contribution < 1.29 is 39.5 Å². The summed E-state index contributed by atoms with van der Waals surface area (Å²) in [7, 11) is -4.68. The van der Waals surface area contributed by atoms with Crippen LogP contribution in [-0.4, -0.2) is 15.0 Å². The van der Waals surface area contributed by atoms with Gasteiger partial charge in [-0.3, -0.25) is 0 Å². The molecule has 0 saturated carbocycles. The summed E-state index contributed by atoms with van der Waals surface area (Å²) in [6.45, 7) is -0.135. The number of sulfonamides is 1. The third-order valence-corrected chi connectivity index (χ3v) is 5.32. The van der Waals surface area contributed by atoms with E-state index in [0.29, 0.717) is 11.3 Å². The summed E-state index contributed by atoms with van der Waals surface area (Å²) < 4.78 is 110. The van der Waals surface area contributed by atoms with Crippen LogP contribution in [0.2, 0.25) is 0 Å². The maximum atomic E-state index is 12.9. The average molecular weight is 411 g/mol. The third-order valence-electron chi connectivity index (χ3n) is 3.87. The van der Waals surface area contributed by atoms with Crippen molar-refractivity contribution in [3.8, 4) is 5.75 Å². The first-order chi connectivity index (χ1) is 12.4. The fraction of sp³-hybridized carbons (Fsp3) is 0.250. The van der Waals surface area contributed by atoms with Crippen molar-refractivity contribution in [1.29, 1.82) is 0 Å². The Morgan fingerprint density at radius 2 is 1.48 bits per heavy atom. The van der Waals surface area contributed by atoms with E-state index in [-0.39, 0.29) is 24.8 Å². The molecule has 4 nitrogen and oxygen atoms in total. The highest BCUT2D eigenvalue weighted by molar-refractivity contribution is 7.89. The van der Waals surface area contributed by atoms with Gasteiger partial charge >= 0.3 is 12.4 Å². The lowest BCUT2D eigenvalue weighted by molar-refractivity contribution is -0.143. The maximum absolute atomic E-state index is 12.9. The first-order valence-electron chi connectivity index (χ1n) is 7.41. The monoisotopic (exact) mass is 411 g/mol. The molecule has 0 bridgehead atoms. The second-order valence-corrected chi connectivity index (χ2v) is 7.48. The van der Waals surface area contributed by atoms with E-state index >= 15 is 0 Å². The molecule has 146 valence electrons. The molecule has 1 N–H and O–H groups in total. The lowest BCUT2D eigenvalue weighted by atomic mass is 10.1. The summed E-state index contributed by atoms with van der Waals surface area (Å²) in [5.74, 6) is 0.380. The summed E-state index contributed by atoms with van der Waals surface area (Å²) >= 11 is 0. The number of benzene rings is 2. The molecule has 11 heteroatoms. The van der Waals surface area contributed by atoms with E-state index < -0.39 is 44.4 Å². The van der Waals surface area contributed by atoms with E-state index in [0.717, 1.165) is 0 Å². The number of halogens is 6. The molecule has 1 heterocycles. The molecule has 0 radical (unpaired) electrons. The van der Waals surface area contributed by atoms with E-state index in [1.54, 1.807) is 24.3 Å². The molecule has 0 saturated heterocycles. The van der Waals surface area contributed by atoms with Gasteiger partial charge in [-0.1, -0.05) is 18.2 Å². The molecule has 1 aliphatic heterocycles. The number of hydrogen-bond donors (Lipinski definition) is 1. The first-order valence-corrected chi connectivity index (χ1v) is 8.90. The SMILES string of the molecule is O=S(=O)(N[C@H]1COc2ccccc21)c1cc(C(F)(F)F)cc(C(F)(F)F)c1. The highest BCUT2D eigenvalue weighted by Gasteiger charge is 2.39. The summed E-state index contributed by atoms with van der Waals surface area (Å²) in [5.41, 5.74) is -2.98. The van der Waals surface area contributed by atoms with Crippen LogP contribution in [0, 0.1) is 0 Å². The molecular weight excluding hydrogens is 400 g/mol. The Morgan fingerprint density at radius 1 is 0.926 bits per heavy atom. The Bertz CT molecular complexity index is 937. The Morgan fingerprint density at radius 3 is 2.04 bits per heavy atom. The molecule has 0 spiro atoms. The number of alkyl halides is 6. The standard InChI is InChI=1S/C16H11F6NO3S/c17-15(18,19)9-5-10(16(20,21)22)7-11(6-9)27(24,25)23-13-8-26-14-4-2-1-3-12(13)14/h1-7,13,23H,8H2/t13-/m0/s1. The fourth-order valence-corrected chi connectivity index (χ4v) is 3.87. The van der Waals surface area contributed by atoms with Gasteiger partial charge in [0.1, 0.15) is 12.4 Å². The Kier molecular flexibility index (Phi) is 4.63. The summed E-state index contributed by atoms with van der Waals surface area (Å²) in [6, 6.07) is 5.61. The number of nitrogens with one attached hydrogen (secondary N) is 1. The number of ether oxygens (including phenoxy) is 1. The Balaban J connectivity index is 2.02. The minimum atomic E-state index is -5.14. The van der Waals surface area contributed by atoms with Crippen molar-refractivity contribution in [2.45, 2.75) is 23.3 Å². The predicted octanol–water partition coefficient (Wildman–Crippen LogP) is 4.14. The molecule has 0 aromatic heterocycles. The van der Waals surface area contributed by atoms with Gasteiger partial charge in [0.15, 0.2) is 0 Å². The number of fused-ring (bicyclic) bond motifs is 1. The zero-order valence-electron chi connectivity index (χ0n) is 13.2. The third kappa shape index (κ3) is 4.03. The van der Waals surface area contributed by atoms with Gasteiger partial charge in [0.05, 0.1) is 22.1 Å². The number of para-hydroxylation sites is 1. The van der Waals surface area contributed by atoms with Crippen LogP contribution < -0.4 is 9.46 Å². The smallest absolute Gasteiger partial charge is 0.416 e. The largest absolute Gasteiger partial charge is 0.491 e.